The zero-order valence-electron chi connectivity index (χ0n) is 17.7. The van der Waals surface area contributed by atoms with Crippen LogP contribution in [0.2, 0.25) is 0 Å². The summed E-state index contributed by atoms with van der Waals surface area (Å²) in [5, 5.41) is 62.7. The minimum absolute atomic E-state index is 0.00642. The molecule has 1 aromatic rings. The van der Waals surface area contributed by atoms with Gasteiger partial charge in [0.15, 0.2) is 0 Å². The Morgan fingerprint density at radius 1 is 0.706 bits per heavy atom. The Kier molecular flexibility index (Phi) is 13.7. The van der Waals surface area contributed by atoms with Crippen molar-refractivity contribution in [3.05, 3.63) is 24.5 Å². The summed E-state index contributed by atoms with van der Waals surface area (Å²) >= 11 is 9.70. The molecule has 0 radical (unpaired) electrons. The normalized spacial score (nSPS) is 13.7. The largest absolute Gasteiger partial charge is 0.394 e. The lowest BCUT2D eigenvalue weighted by atomic mass is 10.1. The van der Waals surface area contributed by atoms with Crippen molar-refractivity contribution < 1.29 is 45.0 Å². The molecule has 0 aliphatic carbocycles. The average Bonchev–Trinajstić information content (AvgIpc) is 2.81. The summed E-state index contributed by atoms with van der Waals surface area (Å²) < 4.78 is 0.155. The molecule has 1 rings (SSSR count). The summed E-state index contributed by atoms with van der Waals surface area (Å²) in [5.74, 6) is -2.09. The third-order valence-corrected chi connectivity index (χ3v) is 6.75. The highest BCUT2D eigenvalue weighted by molar-refractivity contribution is 9.11. The van der Waals surface area contributed by atoms with Gasteiger partial charge in [-0.2, -0.15) is 0 Å². The number of aliphatic hydroxyl groups excluding tert-OH is 6. The van der Waals surface area contributed by atoms with E-state index in [1.165, 1.54) is 0 Å². The maximum Gasteiger partial charge on any atom is 0.253 e. The highest BCUT2D eigenvalue weighted by Crippen LogP contribution is 2.42. The average molecular weight is 680 g/mol. The minimum Gasteiger partial charge on any atom is -0.394 e. The van der Waals surface area contributed by atoms with Crippen LogP contribution in [0.15, 0.2) is 13.4 Å². The van der Waals surface area contributed by atoms with Crippen molar-refractivity contribution in [1.29, 1.82) is 0 Å². The molecule has 3 unspecified atom stereocenters. The Labute approximate surface area is 220 Å². The second-order valence-corrected chi connectivity index (χ2v) is 9.46. The van der Waals surface area contributed by atoms with Crippen molar-refractivity contribution in [1.82, 2.24) is 10.6 Å². The molecule has 192 valence electrons. The van der Waals surface area contributed by atoms with Crippen LogP contribution >= 0.6 is 47.8 Å². The van der Waals surface area contributed by atoms with E-state index in [1.54, 1.807) is 0 Å². The minimum atomic E-state index is -1.23. The molecule has 12 nitrogen and oxygen atoms in total. The smallest absolute Gasteiger partial charge is 0.253 e. The van der Waals surface area contributed by atoms with Crippen LogP contribution in [0.3, 0.4) is 0 Å². The van der Waals surface area contributed by atoms with Crippen molar-refractivity contribution in [2.75, 3.05) is 38.2 Å². The van der Waals surface area contributed by atoms with Crippen LogP contribution in [0, 0.1) is 0 Å². The number of halogens is 3. The van der Waals surface area contributed by atoms with Gasteiger partial charge in [0.25, 0.3) is 11.8 Å². The van der Waals surface area contributed by atoms with Crippen molar-refractivity contribution in [3.63, 3.8) is 0 Å². The van der Waals surface area contributed by atoms with Crippen molar-refractivity contribution in [3.8, 4) is 0 Å². The topological polar surface area (TPSA) is 209 Å². The first-order valence-corrected chi connectivity index (χ1v) is 12.3. The van der Waals surface area contributed by atoms with Gasteiger partial charge >= 0.3 is 0 Å². The van der Waals surface area contributed by atoms with Crippen LogP contribution in [0.1, 0.15) is 33.6 Å². The third kappa shape index (κ3) is 8.80. The van der Waals surface area contributed by atoms with E-state index in [-0.39, 0.29) is 56.2 Å². The fraction of sp³-hybridized carbons (Fsp3) is 0.526. The zero-order chi connectivity index (χ0) is 26.0. The van der Waals surface area contributed by atoms with E-state index in [0.717, 1.165) is 0 Å². The summed E-state index contributed by atoms with van der Waals surface area (Å²) in [7, 11) is 0. The first-order valence-electron chi connectivity index (χ1n) is 9.91. The molecule has 34 heavy (non-hydrogen) atoms. The van der Waals surface area contributed by atoms with E-state index >= 15 is 0 Å². The van der Waals surface area contributed by atoms with Gasteiger partial charge in [0, 0.05) is 24.0 Å². The number of aliphatic hydroxyl groups is 6. The van der Waals surface area contributed by atoms with Gasteiger partial charge in [-0.05, 0) is 54.2 Å². The van der Waals surface area contributed by atoms with Crippen molar-refractivity contribution >= 4 is 71.2 Å². The van der Waals surface area contributed by atoms with Crippen molar-refractivity contribution in [2.45, 2.75) is 31.2 Å². The lowest BCUT2D eigenvalue weighted by Gasteiger charge is -2.20. The highest BCUT2D eigenvalue weighted by Gasteiger charge is 2.29. The van der Waals surface area contributed by atoms with E-state index in [1.807, 2.05) is 0 Å². The number of amides is 3. The Bertz CT molecular complexity index is 835. The Hall–Kier alpha value is -1.17. The number of rotatable bonds is 13. The summed E-state index contributed by atoms with van der Waals surface area (Å²) in [6.07, 6.45) is -3.76. The second-order valence-electron chi connectivity index (χ2n) is 7.08. The lowest BCUT2D eigenvalue weighted by Crippen LogP contribution is -2.36. The number of carbonyl (C=O) groups is 3. The molecule has 0 fully saturated rings. The number of hydrogen-bond acceptors (Lipinski definition) is 9. The van der Waals surface area contributed by atoms with Gasteiger partial charge in [0.2, 0.25) is 5.91 Å². The molecule has 0 saturated heterocycles. The molecule has 0 aliphatic rings. The van der Waals surface area contributed by atoms with Crippen molar-refractivity contribution in [2.24, 2.45) is 0 Å². The standard InChI is InChI=1S/C19H26Br3N3O9/c20-14-12(18(33)23-3-9(30)6-27)15(21)17(25-11(32)2-1-8(29)5-26)16(22)13(14)19(34)24-4-10(31)7-28/h8-10,26-31H,1-7H2,(H,23,33)(H,24,34)(H,25,32). The fourth-order valence-electron chi connectivity index (χ4n) is 2.49. The molecule has 0 spiro atoms. The molecule has 0 heterocycles. The predicted octanol–water partition coefficient (Wildman–Crippen LogP) is -0.788. The van der Waals surface area contributed by atoms with Gasteiger partial charge in [-0.1, -0.05) is 0 Å². The van der Waals surface area contributed by atoms with Crippen LogP contribution in [0.25, 0.3) is 0 Å². The summed E-state index contributed by atoms with van der Waals surface area (Å²) in [6, 6.07) is 0. The Morgan fingerprint density at radius 2 is 1.12 bits per heavy atom. The third-order valence-electron chi connectivity index (χ3n) is 4.37. The van der Waals surface area contributed by atoms with E-state index in [0.29, 0.717) is 0 Å². The summed E-state index contributed by atoms with van der Waals surface area (Å²) in [5.41, 5.74) is -0.230. The number of anilines is 1. The van der Waals surface area contributed by atoms with Crippen LogP contribution in [0.5, 0.6) is 0 Å². The molecular formula is C19H26Br3N3O9. The van der Waals surface area contributed by atoms with Gasteiger partial charge in [0.05, 0.1) is 63.9 Å². The van der Waals surface area contributed by atoms with E-state index in [9.17, 15) is 29.7 Å². The fourth-order valence-corrected chi connectivity index (χ4v) is 5.40. The monoisotopic (exact) mass is 677 g/mol. The van der Waals surface area contributed by atoms with Gasteiger partial charge in [-0.25, -0.2) is 0 Å². The maximum absolute atomic E-state index is 12.8. The number of carbonyl (C=O) groups excluding carboxylic acids is 3. The molecule has 3 amide bonds. The molecule has 0 bridgehead atoms. The Morgan fingerprint density at radius 3 is 1.50 bits per heavy atom. The van der Waals surface area contributed by atoms with Gasteiger partial charge in [-0.3, -0.25) is 14.4 Å². The Balaban J connectivity index is 3.43. The van der Waals surface area contributed by atoms with Crippen LogP contribution in [0.4, 0.5) is 5.69 Å². The molecule has 15 heteroatoms. The molecule has 0 aliphatic heterocycles. The highest BCUT2D eigenvalue weighted by atomic mass is 79.9. The molecule has 3 atom stereocenters. The van der Waals surface area contributed by atoms with Gasteiger partial charge in [0.1, 0.15) is 0 Å². The van der Waals surface area contributed by atoms with Crippen LogP contribution in [-0.2, 0) is 4.79 Å². The zero-order valence-corrected chi connectivity index (χ0v) is 22.5. The van der Waals surface area contributed by atoms with E-state index < -0.39 is 55.9 Å². The number of hydrogen-bond donors (Lipinski definition) is 9. The van der Waals surface area contributed by atoms with Crippen LogP contribution < -0.4 is 16.0 Å². The SMILES string of the molecule is O=C(CCC(O)CO)Nc1c(Br)c(C(=O)NCC(O)CO)c(Br)c(C(=O)NCC(O)CO)c1Br. The maximum atomic E-state index is 12.8. The number of benzene rings is 1. The molecule has 1 aromatic carbocycles. The molecule has 0 aromatic heterocycles. The number of nitrogens with one attached hydrogen (secondary N) is 3. The van der Waals surface area contributed by atoms with Gasteiger partial charge in [-0.15, -0.1) is 0 Å². The van der Waals surface area contributed by atoms with E-state index in [2.05, 4.69) is 63.7 Å². The molecular weight excluding hydrogens is 654 g/mol. The van der Waals surface area contributed by atoms with Gasteiger partial charge < -0.3 is 46.6 Å². The van der Waals surface area contributed by atoms with E-state index in [4.69, 9.17) is 15.3 Å². The summed E-state index contributed by atoms with van der Waals surface area (Å²) in [6.45, 7) is -2.30. The first-order chi connectivity index (χ1) is 16.0. The van der Waals surface area contributed by atoms with Crippen LogP contribution in [-0.4, -0.2) is 99.6 Å². The predicted molar refractivity (Wildman–Crippen MR) is 131 cm³/mol. The quantitative estimate of drug-likeness (QED) is 0.128. The lowest BCUT2D eigenvalue weighted by molar-refractivity contribution is -0.116. The molecule has 0 saturated carbocycles. The molecule has 9 N–H and O–H groups in total. The first kappa shape index (κ1) is 30.9. The summed E-state index contributed by atoms with van der Waals surface area (Å²) in [4.78, 5) is 38.1. The second kappa shape index (κ2) is 15.1.